The van der Waals surface area contributed by atoms with Gasteiger partial charge in [-0.25, -0.2) is 4.79 Å². The van der Waals surface area contributed by atoms with Crippen molar-refractivity contribution in [2.24, 2.45) is 0 Å². The predicted molar refractivity (Wildman–Crippen MR) is 117 cm³/mol. The van der Waals surface area contributed by atoms with Crippen molar-refractivity contribution in [1.29, 1.82) is 0 Å². The quantitative estimate of drug-likeness (QED) is 0.824. The van der Waals surface area contributed by atoms with Crippen LogP contribution in [-0.4, -0.2) is 44.2 Å². The van der Waals surface area contributed by atoms with Crippen LogP contribution in [0.2, 0.25) is 0 Å². The van der Waals surface area contributed by atoms with Crippen LogP contribution in [0.4, 0.5) is 10.5 Å². The Hall–Kier alpha value is -2.53. The molecule has 2 aromatic rings. The molecule has 5 heteroatoms. The van der Waals surface area contributed by atoms with Gasteiger partial charge in [0.1, 0.15) is 5.75 Å². The zero-order chi connectivity index (χ0) is 20.2. The van der Waals surface area contributed by atoms with Crippen LogP contribution >= 0.6 is 0 Å². The average Bonchev–Trinajstić information content (AvgIpc) is 3.28. The average molecular weight is 394 g/mol. The number of ether oxygens (including phenoxy) is 1. The van der Waals surface area contributed by atoms with E-state index < -0.39 is 0 Å². The first-order valence-electron chi connectivity index (χ1n) is 10.7. The Bertz CT molecular complexity index is 844. The lowest BCUT2D eigenvalue weighted by molar-refractivity contribution is 0.224. The second kappa shape index (κ2) is 8.87. The molecular formula is C24H31N3O2. The molecule has 2 aromatic carbocycles. The summed E-state index contributed by atoms with van der Waals surface area (Å²) < 4.78 is 5.30. The van der Waals surface area contributed by atoms with Crippen molar-refractivity contribution >= 4 is 11.7 Å². The van der Waals surface area contributed by atoms with Crippen LogP contribution in [0.25, 0.3) is 0 Å². The first-order chi connectivity index (χ1) is 14.2. The van der Waals surface area contributed by atoms with E-state index in [1.165, 1.54) is 29.5 Å². The van der Waals surface area contributed by atoms with Crippen molar-refractivity contribution in [1.82, 2.24) is 10.2 Å². The predicted octanol–water partition coefficient (Wildman–Crippen LogP) is 4.30. The van der Waals surface area contributed by atoms with Crippen LogP contribution in [0.3, 0.4) is 0 Å². The highest BCUT2D eigenvalue weighted by Crippen LogP contribution is 2.29. The van der Waals surface area contributed by atoms with Gasteiger partial charge >= 0.3 is 6.03 Å². The number of aryl methyl sites for hydroxylation is 2. The lowest BCUT2D eigenvalue weighted by Crippen LogP contribution is -2.46. The fourth-order valence-corrected chi connectivity index (χ4v) is 4.55. The van der Waals surface area contributed by atoms with Gasteiger partial charge in [-0.15, -0.1) is 0 Å². The Morgan fingerprint density at radius 1 is 1.07 bits per heavy atom. The van der Waals surface area contributed by atoms with Crippen molar-refractivity contribution in [2.75, 3.05) is 38.2 Å². The number of amides is 2. The van der Waals surface area contributed by atoms with Crippen LogP contribution in [0.15, 0.2) is 42.5 Å². The Morgan fingerprint density at radius 3 is 2.55 bits per heavy atom. The molecule has 0 bridgehead atoms. The molecule has 1 N–H and O–H groups in total. The van der Waals surface area contributed by atoms with Crippen LogP contribution < -0.4 is 15.0 Å². The second-order valence-corrected chi connectivity index (χ2v) is 8.11. The topological polar surface area (TPSA) is 44.8 Å². The summed E-state index contributed by atoms with van der Waals surface area (Å²) in [5.74, 6) is 0.859. The molecule has 1 fully saturated rings. The maximum absolute atomic E-state index is 13.1. The molecule has 154 valence electrons. The number of fused-ring (bicyclic) bond motifs is 1. The molecule has 1 atom stereocenters. The standard InChI is InChI=1S/C24H31N3O2/c1-18-7-12-22-20(16-18)6-5-15-27(22)24(28)25-17-23(26-13-3-4-14-26)19-8-10-21(29-2)11-9-19/h7-12,16,23H,3-6,13-15,17H2,1-2H3,(H,25,28)/t23-/m0/s1. The number of hydrogen-bond acceptors (Lipinski definition) is 3. The maximum Gasteiger partial charge on any atom is 0.321 e. The number of nitrogens with one attached hydrogen (secondary N) is 1. The third-order valence-corrected chi connectivity index (χ3v) is 6.13. The van der Waals surface area contributed by atoms with Crippen molar-refractivity contribution in [3.8, 4) is 5.75 Å². The van der Waals surface area contributed by atoms with E-state index in [2.05, 4.69) is 47.5 Å². The first kappa shape index (κ1) is 19.8. The van der Waals surface area contributed by atoms with Gasteiger partial charge in [0.15, 0.2) is 0 Å². The highest BCUT2D eigenvalue weighted by Gasteiger charge is 2.27. The number of rotatable bonds is 5. The van der Waals surface area contributed by atoms with Crippen LogP contribution in [0.1, 0.15) is 42.0 Å². The fraction of sp³-hybridized carbons (Fsp3) is 0.458. The molecule has 2 aliphatic heterocycles. The molecule has 2 heterocycles. The van der Waals surface area contributed by atoms with Crippen LogP contribution in [0, 0.1) is 6.92 Å². The maximum atomic E-state index is 13.1. The molecule has 0 aromatic heterocycles. The molecule has 0 unspecified atom stereocenters. The SMILES string of the molecule is COc1ccc([C@H](CNC(=O)N2CCCc3cc(C)ccc32)N2CCCC2)cc1. The lowest BCUT2D eigenvalue weighted by Gasteiger charge is -2.32. The molecule has 1 saturated heterocycles. The summed E-state index contributed by atoms with van der Waals surface area (Å²) in [6.07, 6.45) is 4.50. The van der Waals surface area contributed by atoms with Crippen LogP contribution in [0.5, 0.6) is 5.75 Å². The fourth-order valence-electron chi connectivity index (χ4n) is 4.55. The highest BCUT2D eigenvalue weighted by molar-refractivity contribution is 5.93. The molecule has 0 radical (unpaired) electrons. The molecule has 0 saturated carbocycles. The minimum absolute atomic E-state index is 0.00696. The molecular weight excluding hydrogens is 362 g/mol. The van der Waals surface area contributed by atoms with Crippen molar-refractivity contribution < 1.29 is 9.53 Å². The summed E-state index contributed by atoms with van der Waals surface area (Å²) >= 11 is 0. The second-order valence-electron chi connectivity index (χ2n) is 8.11. The van der Waals surface area contributed by atoms with Crippen molar-refractivity contribution in [3.63, 3.8) is 0 Å². The van der Waals surface area contributed by atoms with E-state index in [0.29, 0.717) is 6.54 Å². The molecule has 0 spiro atoms. The van der Waals surface area contributed by atoms with Gasteiger partial charge < -0.3 is 10.1 Å². The number of nitrogens with zero attached hydrogens (tertiary/aromatic N) is 2. The van der Waals surface area contributed by atoms with Gasteiger partial charge in [-0.3, -0.25) is 9.80 Å². The number of carbonyl (C=O) groups is 1. The largest absolute Gasteiger partial charge is 0.497 e. The minimum atomic E-state index is 0.00696. The minimum Gasteiger partial charge on any atom is -0.497 e. The highest BCUT2D eigenvalue weighted by atomic mass is 16.5. The summed E-state index contributed by atoms with van der Waals surface area (Å²) in [6, 6.07) is 14.8. The summed E-state index contributed by atoms with van der Waals surface area (Å²) in [6.45, 7) is 5.66. The normalized spacial score (nSPS) is 17.7. The Labute approximate surface area is 173 Å². The van der Waals surface area contributed by atoms with Crippen molar-refractivity contribution in [2.45, 2.75) is 38.6 Å². The van der Waals surface area contributed by atoms with Gasteiger partial charge in [-0.05, 0) is 75.0 Å². The first-order valence-corrected chi connectivity index (χ1v) is 10.7. The van der Waals surface area contributed by atoms with Gasteiger partial charge in [0.25, 0.3) is 0 Å². The monoisotopic (exact) mass is 393 g/mol. The number of hydrogen-bond donors (Lipinski definition) is 1. The number of methoxy groups -OCH3 is 1. The number of likely N-dealkylation sites (tertiary alicyclic amines) is 1. The third-order valence-electron chi connectivity index (χ3n) is 6.13. The summed E-state index contributed by atoms with van der Waals surface area (Å²) in [7, 11) is 1.69. The van der Waals surface area contributed by atoms with Crippen molar-refractivity contribution in [3.05, 3.63) is 59.2 Å². The molecule has 0 aliphatic carbocycles. The lowest BCUT2D eigenvalue weighted by atomic mass is 10.00. The zero-order valence-corrected chi connectivity index (χ0v) is 17.5. The molecule has 5 nitrogen and oxygen atoms in total. The van der Waals surface area contributed by atoms with E-state index >= 15 is 0 Å². The Balaban J connectivity index is 1.48. The molecule has 2 amide bonds. The summed E-state index contributed by atoms with van der Waals surface area (Å²) in [5.41, 5.74) is 4.81. The number of anilines is 1. The van der Waals surface area contributed by atoms with E-state index in [-0.39, 0.29) is 12.1 Å². The number of benzene rings is 2. The molecule has 4 rings (SSSR count). The van der Waals surface area contributed by atoms with Crippen LogP contribution in [-0.2, 0) is 6.42 Å². The third kappa shape index (κ3) is 4.40. The van der Waals surface area contributed by atoms with Gasteiger partial charge in [0.05, 0.1) is 13.2 Å². The van der Waals surface area contributed by atoms with E-state index in [4.69, 9.17) is 4.74 Å². The summed E-state index contributed by atoms with van der Waals surface area (Å²) in [5, 5.41) is 3.23. The van der Waals surface area contributed by atoms with Gasteiger partial charge in [-0.2, -0.15) is 0 Å². The molecule has 29 heavy (non-hydrogen) atoms. The molecule has 2 aliphatic rings. The van der Waals surface area contributed by atoms with Gasteiger partial charge in [-0.1, -0.05) is 29.8 Å². The van der Waals surface area contributed by atoms with E-state index in [0.717, 1.165) is 43.9 Å². The van der Waals surface area contributed by atoms with E-state index in [9.17, 15) is 4.79 Å². The van der Waals surface area contributed by atoms with E-state index in [1.54, 1.807) is 7.11 Å². The summed E-state index contributed by atoms with van der Waals surface area (Å²) in [4.78, 5) is 17.5. The van der Waals surface area contributed by atoms with Gasteiger partial charge in [0, 0.05) is 18.8 Å². The number of carbonyl (C=O) groups excluding carboxylic acids is 1. The number of urea groups is 1. The van der Waals surface area contributed by atoms with E-state index in [1.807, 2.05) is 17.0 Å². The zero-order valence-electron chi connectivity index (χ0n) is 17.5. The smallest absolute Gasteiger partial charge is 0.321 e. The van der Waals surface area contributed by atoms with Gasteiger partial charge in [0.2, 0.25) is 0 Å². The Kier molecular flexibility index (Phi) is 6.05. The Morgan fingerprint density at radius 2 is 1.83 bits per heavy atom.